The Labute approximate surface area is 163 Å². The number of aromatic nitrogens is 2. The van der Waals surface area contributed by atoms with E-state index < -0.39 is 0 Å². The Morgan fingerprint density at radius 1 is 1.07 bits per heavy atom. The highest BCUT2D eigenvalue weighted by Gasteiger charge is 2.15. The fourth-order valence-corrected chi connectivity index (χ4v) is 3.53. The van der Waals surface area contributed by atoms with E-state index in [0.717, 1.165) is 48.1 Å². The predicted molar refractivity (Wildman–Crippen MR) is 114 cm³/mol. The van der Waals surface area contributed by atoms with E-state index in [9.17, 15) is 0 Å². The molecule has 0 spiro atoms. The van der Waals surface area contributed by atoms with Crippen LogP contribution >= 0.6 is 11.9 Å². The minimum absolute atomic E-state index is 0.705. The third-order valence-electron chi connectivity index (χ3n) is 4.46. The second-order valence-electron chi connectivity index (χ2n) is 6.21. The maximum absolute atomic E-state index is 4.82. The van der Waals surface area contributed by atoms with Crippen molar-refractivity contribution in [1.82, 2.24) is 14.7 Å². The fraction of sp³-hybridized carbons (Fsp3) is 0.250. The summed E-state index contributed by atoms with van der Waals surface area (Å²) in [6.45, 7) is 3.85. The van der Waals surface area contributed by atoms with Gasteiger partial charge in [-0.2, -0.15) is 4.98 Å². The summed E-state index contributed by atoms with van der Waals surface area (Å²) in [5, 5.41) is 4.31. The first-order valence-electron chi connectivity index (χ1n) is 9.08. The Bertz CT molecular complexity index is 944. The standard InChI is InChI=1S/C20H22N6S/c1-2-26(13-12-15-8-4-3-5-9-15)20-22-17-11-7-6-10-16(17)18(24-20)23-19-21-14-27-25-19/h3-11H,2,12-14H2,1H3,(H2,21,22,23,24,25). The summed E-state index contributed by atoms with van der Waals surface area (Å²) in [6.07, 6.45) is 0.957. The Morgan fingerprint density at radius 2 is 1.89 bits per heavy atom. The van der Waals surface area contributed by atoms with Gasteiger partial charge in [-0.15, -0.1) is 0 Å². The van der Waals surface area contributed by atoms with Crippen LogP contribution < -0.4 is 14.9 Å². The zero-order valence-electron chi connectivity index (χ0n) is 15.2. The Morgan fingerprint density at radius 3 is 2.67 bits per heavy atom. The van der Waals surface area contributed by atoms with Gasteiger partial charge in [0.15, 0.2) is 0 Å². The summed E-state index contributed by atoms with van der Waals surface area (Å²) >= 11 is 1.56. The van der Waals surface area contributed by atoms with Crippen molar-refractivity contribution in [3.63, 3.8) is 0 Å². The third-order valence-corrected chi connectivity index (χ3v) is 5.06. The van der Waals surface area contributed by atoms with E-state index >= 15 is 0 Å². The van der Waals surface area contributed by atoms with Crippen molar-refractivity contribution in [3.8, 4) is 0 Å². The first kappa shape index (κ1) is 17.6. The largest absolute Gasteiger partial charge is 0.341 e. The molecular weight excluding hydrogens is 356 g/mol. The van der Waals surface area contributed by atoms with Crippen LogP contribution in [0.25, 0.3) is 10.9 Å². The number of anilines is 2. The summed E-state index contributed by atoms with van der Waals surface area (Å²) in [5.74, 6) is 2.96. The van der Waals surface area contributed by atoms with Crippen LogP contribution in [0.4, 0.5) is 11.8 Å². The third kappa shape index (κ3) is 4.14. The number of guanidine groups is 1. The van der Waals surface area contributed by atoms with Crippen LogP contribution in [0.3, 0.4) is 0 Å². The monoisotopic (exact) mass is 378 g/mol. The molecule has 2 aromatic carbocycles. The van der Waals surface area contributed by atoms with Crippen molar-refractivity contribution in [2.75, 3.05) is 29.2 Å². The maximum atomic E-state index is 4.82. The highest BCUT2D eigenvalue weighted by molar-refractivity contribution is 7.98. The molecule has 7 heteroatoms. The molecular formula is C20H22N6S. The van der Waals surface area contributed by atoms with Gasteiger partial charge in [-0.05, 0) is 43.0 Å². The summed E-state index contributed by atoms with van der Waals surface area (Å²) in [5.41, 5.74) is 2.24. The summed E-state index contributed by atoms with van der Waals surface area (Å²) < 4.78 is 3.16. The summed E-state index contributed by atoms with van der Waals surface area (Å²) in [4.78, 5) is 16.2. The number of fused-ring (bicyclic) bond motifs is 1. The first-order valence-corrected chi connectivity index (χ1v) is 10.1. The Balaban J connectivity index is 1.63. The quantitative estimate of drug-likeness (QED) is 0.638. The molecule has 0 unspecified atom stereocenters. The van der Waals surface area contributed by atoms with Gasteiger partial charge < -0.3 is 10.2 Å². The average molecular weight is 379 g/mol. The average Bonchev–Trinajstić information content (AvgIpc) is 3.22. The lowest BCUT2D eigenvalue weighted by Crippen LogP contribution is -2.28. The van der Waals surface area contributed by atoms with Crippen molar-refractivity contribution in [2.45, 2.75) is 13.3 Å². The zero-order chi connectivity index (χ0) is 18.5. The van der Waals surface area contributed by atoms with Crippen molar-refractivity contribution in [3.05, 3.63) is 60.2 Å². The highest BCUT2D eigenvalue weighted by atomic mass is 32.2. The molecule has 1 aliphatic rings. The van der Waals surface area contributed by atoms with Gasteiger partial charge in [-0.1, -0.05) is 42.5 Å². The van der Waals surface area contributed by atoms with E-state index in [2.05, 4.69) is 51.1 Å². The van der Waals surface area contributed by atoms with Gasteiger partial charge in [0.1, 0.15) is 11.7 Å². The number of nitrogens with zero attached hydrogens (tertiary/aromatic N) is 4. The molecule has 2 N–H and O–H groups in total. The van der Waals surface area contributed by atoms with Gasteiger partial charge in [0, 0.05) is 18.5 Å². The molecule has 0 saturated carbocycles. The number of hydrogen-bond donors (Lipinski definition) is 2. The molecule has 4 rings (SSSR count). The molecule has 27 heavy (non-hydrogen) atoms. The van der Waals surface area contributed by atoms with Crippen LogP contribution in [0.2, 0.25) is 0 Å². The smallest absolute Gasteiger partial charge is 0.227 e. The van der Waals surface area contributed by atoms with E-state index in [4.69, 9.17) is 9.97 Å². The van der Waals surface area contributed by atoms with Gasteiger partial charge in [0.25, 0.3) is 0 Å². The van der Waals surface area contributed by atoms with Gasteiger partial charge in [-0.3, -0.25) is 4.72 Å². The number of likely N-dealkylation sites (N-methyl/N-ethyl adjacent to an activating group) is 1. The minimum Gasteiger partial charge on any atom is -0.341 e. The number of benzene rings is 2. The predicted octanol–water partition coefficient (Wildman–Crippen LogP) is 3.68. The minimum atomic E-state index is 0.705. The van der Waals surface area contributed by atoms with Crippen molar-refractivity contribution < 1.29 is 0 Å². The number of para-hydroxylation sites is 1. The molecule has 1 aromatic heterocycles. The molecule has 0 aliphatic carbocycles. The second kappa shape index (κ2) is 8.26. The molecule has 138 valence electrons. The van der Waals surface area contributed by atoms with E-state index in [1.54, 1.807) is 11.9 Å². The highest BCUT2D eigenvalue weighted by Crippen LogP contribution is 2.24. The number of rotatable bonds is 6. The molecule has 6 nitrogen and oxygen atoms in total. The summed E-state index contributed by atoms with van der Waals surface area (Å²) in [7, 11) is 0. The van der Waals surface area contributed by atoms with Crippen LogP contribution in [0.15, 0.2) is 59.6 Å². The molecule has 0 bridgehead atoms. The lowest BCUT2D eigenvalue weighted by atomic mass is 10.1. The van der Waals surface area contributed by atoms with Crippen molar-refractivity contribution >= 4 is 40.6 Å². The van der Waals surface area contributed by atoms with E-state index in [1.807, 2.05) is 30.3 Å². The topological polar surface area (TPSA) is 65.4 Å². The van der Waals surface area contributed by atoms with Gasteiger partial charge in [0.2, 0.25) is 11.9 Å². The van der Waals surface area contributed by atoms with Gasteiger partial charge >= 0.3 is 0 Å². The van der Waals surface area contributed by atoms with Gasteiger partial charge in [-0.25, -0.2) is 9.98 Å². The number of nitrogens with one attached hydrogen (secondary N) is 2. The first-order chi connectivity index (χ1) is 13.3. The van der Waals surface area contributed by atoms with E-state index in [-0.39, 0.29) is 0 Å². The Hall–Kier alpha value is -2.80. The van der Waals surface area contributed by atoms with Crippen LogP contribution in [0.5, 0.6) is 0 Å². The normalized spacial score (nSPS) is 13.3. The molecule has 0 amide bonds. The Kier molecular flexibility index (Phi) is 5.39. The molecule has 0 saturated heterocycles. The summed E-state index contributed by atoms with van der Waals surface area (Å²) in [6, 6.07) is 18.6. The molecule has 2 heterocycles. The van der Waals surface area contributed by atoms with Crippen LogP contribution in [0, 0.1) is 0 Å². The number of aliphatic imine (C=N–C) groups is 1. The van der Waals surface area contributed by atoms with Crippen LogP contribution in [-0.2, 0) is 6.42 Å². The lowest BCUT2D eigenvalue weighted by Gasteiger charge is -2.22. The molecule has 1 aliphatic heterocycles. The van der Waals surface area contributed by atoms with E-state index in [1.165, 1.54) is 5.56 Å². The fourth-order valence-electron chi connectivity index (χ4n) is 3.02. The van der Waals surface area contributed by atoms with Crippen LogP contribution in [0.1, 0.15) is 12.5 Å². The van der Waals surface area contributed by atoms with E-state index in [0.29, 0.717) is 5.88 Å². The molecule has 3 aromatic rings. The van der Waals surface area contributed by atoms with Crippen molar-refractivity contribution in [1.29, 1.82) is 0 Å². The molecule has 0 atom stereocenters. The number of hydrogen-bond acceptors (Lipinski definition) is 7. The molecule has 0 radical (unpaired) electrons. The zero-order valence-corrected chi connectivity index (χ0v) is 16.0. The van der Waals surface area contributed by atoms with Crippen molar-refractivity contribution in [2.24, 2.45) is 4.99 Å². The molecule has 0 fully saturated rings. The SMILES string of the molecule is CCN(CCc1ccccc1)c1nc(NC2=NCSN2)c2ccccc2n1. The maximum Gasteiger partial charge on any atom is 0.227 e. The second-order valence-corrected chi connectivity index (χ2v) is 6.96. The lowest BCUT2D eigenvalue weighted by molar-refractivity contribution is 0.780. The van der Waals surface area contributed by atoms with Crippen LogP contribution in [-0.4, -0.2) is 34.9 Å². The van der Waals surface area contributed by atoms with Gasteiger partial charge in [0.05, 0.1) is 5.52 Å².